The molecule has 0 saturated carbocycles. The molecule has 6 nitrogen and oxygen atoms in total. The highest BCUT2D eigenvalue weighted by molar-refractivity contribution is 6.03. The SMILES string of the molecule is CC(C)(C)[C@H]1COC(c2ccccc2Nc2ccccc2Nc2ccccc2C2=N[C@@H](C(C)(C)C)CO2)=N1. The summed E-state index contributed by atoms with van der Waals surface area (Å²) < 4.78 is 12.1. The highest BCUT2D eigenvalue weighted by atomic mass is 16.5. The van der Waals surface area contributed by atoms with Crippen LogP contribution in [-0.2, 0) is 9.47 Å². The molecule has 0 unspecified atom stereocenters. The van der Waals surface area contributed by atoms with Crippen molar-refractivity contribution in [2.75, 3.05) is 23.8 Å². The average Bonchev–Trinajstić information content (AvgIpc) is 3.57. The van der Waals surface area contributed by atoms with Gasteiger partial charge in [-0.2, -0.15) is 0 Å². The molecule has 0 saturated heterocycles. The van der Waals surface area contributed by atoms with Gasteiger partial charge in [0, 0.05) is 0 Å². The summed E-state index contributed by atoms with van der Waals surface area (Å²) in [6, 6.07) is 24.8. The lowest BCUT2D eigenvalue weighted by Gasteiger charge is -2.21. The van der Waals surface area contributed by atoms with Crippen LogP contribution in [0.1, 0.15) is 52.7 Å². The summed E-state index contributed by atoms with van der Waals surface area (Å²) in [7, 11) is 0. The van der Waals surface area contributed by atoms with E-state index in [1.165, 1.54) is 0 Å². The van der Waals surface area contributed by atoms with Crippen LogP contribution in [0.15, 0.2) is 82.8 Å². The summed E-state index contributed by atoms with van der Waals surface area (Å²) in [5, 5.41) is 7.25. The van der Waals surface area contributed by atoms with E-state index < -0.39 is 0 Å². The summed E-state index contributed by atoms with van der Waals surface area (Å²) in [5.74, 6) is 1.38. The van der Waals surface area contributed by atoms with Gasteiger partial charge in [-0.15, -0.1) is 0 Å². The molecule has 0 radical (unpaired) electrons. The van der Waals surface area contributed by atoms with Crippen LogP contribution in [0, 0.1) is 10.8 Å². The first-order valence-corrected chi connectivity index (χ1v) is 13.3. The molecule has 3 aromatic carbocycles. The molecular weight excluding hydrogens is 472 g/mol. The topological polar surface area (TPSA) is 67.2 Å². The van der Waals surface area contributed by atoms with E-state index in [9.17, 15) is 0 Å². The standard InChI is InChI=1S/C32H38N4O2/c1-31(2,3)27-19-37-29(35-27)21-13-7-9-15-23(21)33-25-17-11-12-18-26(25)34-24-16-10-8-14-22(24)30-36-28(20-38-30)32(4,5)6/h7-18,27-28,33-34H,19-20H2,1-6H3/t27-,28-/m1/s1. The maximum absolute atomic E-state index is 6.05. The van der Waals surface area contributed by atoms with Gasteiger partial charge >= 0.3 is 0 Å². The van der Waals surface area contributed by atoms with Crippen LogP contribution in [0.3, 0.4) is 0 Å². The molecule has 0 fully saturated rings. The number of ether oxygens (including phenoxy) is 2. The van der Waals surface area contributed by atoms with Gasteiger partial charge in [0.1, 0.15) is 13.2 Å². The fourth-order valence-corrected chi connectivity index (χ4v) is 4.48. The minimum Gasteiger partial charge on any atom is -0.475 e. The molecule has 0 aliphatic carbocycles. The molecular formula is C32H38N4O2. The molecule has 5 rings (SSSR count). The fraction of sp³-hybridized carbons (Fsp3) is 0.375. The van der Waals surface area contributed by atoms with E-state index in [0.29, 0.717) is 25.0 Å². The zero-order chi connectivity index (χ0) is 26.9. The summed E-state index contributed by atoms with van der Waals surface area (Å²) in [6.45, 7) is 14.4. The van der Waals surface area contributed by atoms with Crippen molar-refractivity contribution in [3.63, 3.8) is 0 Å². The van der Waals surface area contributed by atoms with Crippen molar-refractivity contribution in [3.8, 4) is 0 Å². The number of benzene rings is 3. The van der Waals surface area contributed by atoms with Crippen LogP contribution in [0.4, 0.5) is 22.7 Å². The molecule has 3 aromatic rings. The first-order valence-electron chi connectivity index (χ1n) is 13.3. The Hall–Kier alpha value is -3.80. The highest BCUT2D eigenvalue weighted by Crippen LogP contribution is 2.34. The largest absolute Gasteiger partial charge is 0.475 e. The fourth-order valence-electron chi connectivity index (χ4n) is 4.48. The van der Waals surface area contributed by atoms with Gasteiger partial charge in [-0.25, -0.2) is 9.98 Å². The first-order chi connectivity index (χ1) is 18.1. The number of hydrogen-bond donors (Lipinski definition) is 2. The predicted octanol–water partition coefficient (Wildman–Crippen LogP) is 7.56. The number of anilines is 4. The Morgan fingerprint density at radius 3 is 1.24 bits per heavy atom. The molecule has 6 heteroatoms. The summed E-state index contributed by atoms with van der Waals surface area (Å²) >= 11 is 0. The Morgan fingerprint density at radius 1 is 0.553 bits per heavy atom. The second-order valence-electron chi connectivity index (χ2n) is 12.1. The highest BCUT2D eigenvalue weighted by Gasteiger charge is 2.32. The molecule has 0 spiro atoms. The van der Waals surface area contributed by atoms with Crippen molar-refractivity contribution < 1.29 is 9.47 Å². The third kappa shape index (κ3) is 5.54. The Balaban J connectivity index is 1.43. The Kier molecular flexibility index (Phi) is 6.91. The quantitative estimate of drug-likeness (QED) is 0.359. The van der Waals surface area contributed by atoms with Gasteiger partial charge in [-0.1, -0.05) is 77.9 Å². The van der Waals surface area contributed by atoms with Crippen molar-refractivity contribution in [2.45, 2.75) is 53.6 Å². The minimum atomic E-state index is 0.0499. The number of para-hydroxylation sites is 4. The number of rotatable bonds is 6. The first kappa shape index (κ1) is 25.8. The number of aliphatic imine (C=N–C) groups is 2. The Labute approximate surface area is 226 Å². The lowest BCUT2D eigenvalue weighted by atomic mass is 9.88. The van der Waals surface area contributed by atoms with Crippen LogP contribution in [0.5, 0.6) is 0 Å². The third-order valence-corrected chi connectivity index (χ3v) is 7.08. The second-order valence-corrected chi connectivity index (χ2v) is 12.1. The van der Waals surface area contributed by atoms with Crippen molar-refractivity contribution >= 4 is 34.5 Å². The third-order valence-electron chi connectivity index (χ3n) is 7.08. The van der Waals surface area contributed by atoms with E-state index in [1.807, 2.05) is 36.4 Å². The van der Waals surface area contributed by atoms with Gasteiger partial charge in [0.25, 0.3) is 0 Å². The van der Waals surface area contributed by atoms with E-state index >= 15 is 0 Å². The predicted molar refractivity (Wildman–Crippen MR) is 157 cm³/mol. The molecule has 0 amide bonds. The minimum absolute atomic E-state index is 0.0499. The van der Waals surface area contributed by atoms with E-state index in [0.717, 1.165) is 33.9 Å². The number of nitrogens with one attached hydrogen (secondary N) is 2. The maximum atomic E-state index is 6.05. The van der Waals surface area contributed by atoms with E-state index in [4.69, 9.17) is 19.5 Å². The summed E-state index contributed by atoms with van der Waals surface area (Å²) in [4.78, 5) is 9.83. The van der Waals surface area contributed by atoms with Crippen LogP contribution < -0.4 is 10.6 Å². The lowest BCUT2D eigenvalue weighted by Crippen LogP contribution is -2.25. The van der Waals surface area contributed by atoms with Gasteiger partial charge in [-0.3, -0.25) is 0 Å². The van der Waals surface area contributed by atoms with Gasteiger partial charge in [0.05, 0.1) is 46.0 Å². The van der Waals surface area contributed by atoms with Crippen LogP contribution >= 0.6 is 0 Å². The van der Waals surface area contributed by atoms with Crippen LogP contribution in [-0.4, -0.2) is 37.1 Å². The van der Waals surface area contributed by atoms with E-state index in [-0.39, 0.29) is 22.9 Å². The van der Waals surface area contributed by atoms with E-state index in [1.54, 1.807) is 0 Å². The summed E-state index contributed by atoms with van der Waals surface area (Å²) in [6.07, 6.45) is 0. The normalized spacial score (nSPS) is 19.3. The van der Waals surface area contributed by atoms with Crippen LogP contribution in [0.25, 0.3) is 0 Å². The zero-order valence-electron chi connectivity index (χ0n) is 23.2. The molecule has 198 valence electrons. The smallest absolute Gasteiger partial charge is 0.218 e. The lowest BCUT2D eigenvalue weighted by molar-refractivity contribution is 0.235. The molecule has 2 aliphatic heterocycles. The second kappa shape index (κ2) is 10.2. The number of nitrogens with zero attached hydrogens (tertiary/aromatic N) is 2. The molecule has 0 aromatic heterocycles. The monoisotopic (exact) mass is 510 g/mol. The molecule has 2 heterocycles. The Bertz CT molecular complexity index is 1260. The van der Waals surface area contributed by atoms with Gasteiger partial charge in [-0.05, 0) is 47.2 Å². The zero-order valence-corrected chi connectivity index (χ0v) is 23.2. The molecule has 0 bridgehead atoms. The van der Waals surface area contributed by atoms with Gasteiger partial charge < -0.3 is 20.1 Å². The van der Waals surface area contributed by atoms with Crippen molar-refractivity contribution in [1.82, 2.24) is 0 Å². The molecule has 2 N–H and O–H groups in total. The molecule has 2 atom stereocenters. The Morgan fingerprint density at radius 2 is 0.895 bits per heavy atom. The van der Waals surface area contributed by atoms with Crippen LogP contribution in [0.2, 0.25) is 0 Å². The van der Waals surface area contributed by atoms with Gasteiger partial charge in [0.15, 0.2) is 0 Å². The molecule has 2 aliphatic rings. The van der Waals surface area contributed by atoms with Gasteiger partial charge in [0.2, 0.25) is 11.8 Å². The van der Waals surface area contributed by atoms with Crippen molar-refractivity contribution in [3.05, 3.63) is 83.9 Å². The molecule has 38 heavy (non-hydrogen) atoms. The van der Waals surface area contributed by atoms with Crippen molar-refractivity contribution in [2.24, 2.45) is 20.8 Å². The summed E-state index contributed by atoms with van der Waals surface area (Å²) in [5.41, 5.74) is 5.79. The maximum Gasteiger partial charge on any atom is 0.218 e. The average molecular weight is 511 g/mol. The number of hydrogen-bond acceptors (Lipinski definition) is 6. The van der Waals surface area contributed by atoms with Crippen molar-refractivity contribution in [1.29, 1.82) is 0 Å². The van der Waals surface area contributed by atoms with E-state index in [2.05, 4.69) is 88.6 Å².